The molecule has 4 aromatic carbocycles. The van der Waals surface area contributed by atoms with E-state index in [4.69, 9.17) is 0 Å². The normalized spacial score (nSPS) is 11.1. The van der Waals surface area contributed by atoms with Crippen LogP contribution in [-0.4, -0.2) is 8.07 Å². The monoisotopic (exact) mass is 443 g/mol. The first-order valence-electron chi connectivity index (χ1n) is 11.3. The minimum Gasteiger partial charge on any atom is -0.311 e. The lowest BCUT2D eigenvalue weighted by molar-refractivity contribution is 1.28. The van der Waals surface area contributed by atoms with Crippen LogP contribution in [0, 0.1) is 11.5 Å². The summed E-state index contributed by atoms with van der Waals surface area (Å²) in [5.41, 5.74) is 10.3. The molecule has 0 amide bonds. The second kappa shape index (κ2) is 10.2. The van der Waals surface area contributed by atoms with Gasteiger partial charge in [0.15, 0.2) is 0 Å². The molecule has 0 spiro atoms. The molecule has 0 atom stereocenters. The Hall–Kier alpha value is -3.80. The summed E-state index contributed by atoms with van der Waals surface area (Å²) in [6.07, 6.45) is 4.30. The van der Waals surface area contributed by atoms with Crippen LogP contribution in [0.25, 0.3) is 12.2 Å². The maximum absolute atomic E-state index is 3.42. The van der Waals surface area contributed by atoms with Crippen molar-refractivity contribution in [3.05, 3.63) is 126 Å². The molecule has 0 saturated carbocycles. The van der Waals surface area contributed by atoms with Crippen LogP contribution < -0.4 is 4.90 Å². The molecule has 0 saturated heterocycles. The number of benzene rings is 4. The fourth-order valence-corrected chi connectivity index (χ4v) is 3.98. The first-order valence-corrected chi connectivity index (χ1v) is 14.8. The van der Waals surface area contributed by atoms with Crippen molar-refractivity contribution in [3.8, 4) is 11.5 Å². The van der Waals surface area contributed by atoms with Gasteiger partial charge in [-0.3, -0.25) is 0 Å². The van der Waals surface area contributed by atoms with E-state index >= 15 is 0 Å². The van der Waals surface area contributed by atoms with E-state index in [0.29, 0.717) is 0 Å². The Labute approximate surface area is 199 Å². The minimum atomic E-state index is -1.35. The molecule has 0 aliphatic carbocycles. The first-order chi connectivity index (χ1) is 16.0. The van der Waals surface area contributed by atoms with Crippen LogP contribution in [0.1, 0.15) is 16.7 Å². The second-order valence-electron chi connectivity index (χ2n) is 9.05. The summed E-state index contributed by atoms with van der Waals surface area (Å²) in [6.45, 7) is 6.80. The summed E-state index contributed by atoms with van der Waals surface area (Å²) < 4.78 is 0. The van der Waals surface area contributed by atoms with E-state index in [-0.39, 0.29) is 0 Å². The Balaban J connectivity index is 1.52. The molecule has 0 aliphatic heterocycles. The van der Waals surface area contributed by atoms with E-state index in [1.165, 1.54) is 11.1 Å². The largest absolute Gasteiger partial charge is 0.311 e. The van der Waals surface area contributed by atoms with E-state index in [1.54, 1.807) is 0 Å². The number of rotatable bonds is 5. The summed E-state index contributed by atoms with van der Waals surface area (Å²) >= 11 is 0. The number of hydrogen-bond donors (Lipinski definition) is 0. The van der Waals surface area contributed by atoms with Gasteiger partial charge < -0.3 is 4.90 Å². The molecule has 0 fully saturated rings. The zero-order valence-electron chi connectivity index (χ0n) is 19.5. The molecule has 33 heavy (non-hydrogen) atoms. The highest BCUT2D eigenvalue weighted by molar-refractivity contribution is 6.83. The summed E-state index contributed by atoms with van der Waals surface area (Å²) in [7, 11) is -1.35. The molecule has 0 bridgehead atoms. The summed E-state index contributed by atoms with van der Waals surface area (Å²) in [6, 6.07) is 38.1. The molecule has 162 valence electrons. The summed E-state index contributed by atoms with van der Waals surface area (Å²) in [4.78, 5) is 2.27. The highest BCUT2D eigenvalue weighted by atomic mass is 28.3. The Kier molecular flexibility index (Phi) is 6.93. The molecule has 2 heteroatoms. The molecular formula is C31H29NSi. The van der Waals surface area contributed by atoms with E-state index in [1.807, 2.05) is 12.1 Å². The van der Waals surface area contributed by atoms with Gasteiger partial charge in [-0.15, -0.1) is 5.54 Å². The van der Waals surface area contributed by atoms with Gasteiger partial charge in [0.05, 0.1) is 0 Å². The zero-order valence-corrected chi connectivity index (χ0v) is 20.5. The van der Waals surface area contributed by atoms with Crippen LogP contribution in [-0.2, 0) is 0 Å². The molecule has 0 unspecified atom stereocenters. The smallest absolute Gasteiger partial charge is 0.129 e. The second-order valence-corrected chi connectivity index (χ2v) is 13.8. The van der Waals surface area contributed by atoms with Crippen LogP contribution in [0.5, 0.6) is 0 Å². The Morgan fingerprint density at radius 2 is 0.970 bits per heavy atom. The van der Waals surface area contributed by atoms with Crippen LogP contribution in [0.4, 0.5) is 17.1 Å². The summed E-state index contributed by atoms with van der Waals surface area (Å²) in [5.74, 6) is 3.31. The molecule has 0 N–H and O–H groups in total. The van der Waals surface area contributed by atoms with Gasteiger partial charge in [0.1, 0.15) is 8.07 Å². The Morgan fingerprint density at radius 1 is 0.545 bits per heavy atom. The van der Waals surface area contributed by atoms with Crippen LogP contribution in [0.2, 0.25) is 19.6 Å². The quantitative estimate of drug-likeness (QED) is 0.170. The topological polar surface area (TPSA) is 3.24 Å². The van der Waals surface area contributed by atoms with Crippen molar-refractivity contribution < 1.29 is 0 Å². The van der Waals surface area contributed by atoms with Gasteiger partial charge in [0, 0.05) is 22.6 Å². The number of hydrogen-bond acceptors (Lipinski definition) is 1. The van der Waals surface area contributed by atoms with E-state index < -0.39 is 8.07 Å². The predicted molar refractivity (Wildman–Crippen MR) is 147 cm³/mol. The van der Waals surface area contributed by atoms with Gasteiger partial charge >= 0.3 is 0 Å². The number of nitrogens with zero attached hydrogens (tertiary/aromatic N) is 1. The molecule has 0 aliphatic rings. The molecule has 0 heterocycles. The first kappa shape index (κ1) is 22.4. The lowest BCUT2D eigenvalue weighted by Gasteiger charge is -2.25. The van der Waals surface area contributed by atoms with Crippen molar-refractivity contribution in [2.75, 3.05) is 4.90 Å². The molecule has 0 aromatic heterocycles. The van der Waals surface area contributed by atoms with Crippen molar-refractivity contribution in [1.29, 1.82) is 0 Å². The van der Waals surface area contributed by atoms with Crippen LogP contribution in [0.15, 0.2) is 109 Å². The SMILES string of the molecule is C[Si](C)(C)C#Cc1ccc(/C=C/c2ccc(N(c3ccccc3)c3ccccc3)cc2)cc1. The highest BCUT2D eigenvalue weighted by Gasteiger charge is 2.11. The summed E-state index contributed by atoms with van der Waals surface area (Å²) in [5, 5.41) is 0. The lowest BCUT2D eigenvalue weighted by atomic mass is 10.1. The Morgan fingerprint density at radius 3 is 1.42 bits per heavy atom. The molecule has 4 rings (SSSR count). The van der Waals surface area contributed by atoms with Crippen LogP contribution >= 0.6 is 0 Å². The van der Waals surface area contributed by atoms with Crippen molar-refractivity contribution >= 4 is 37.3 Å². The maximum atomic E-state index is 3.42. The van der Waals surface area contributed by atoms with E-state index in [0.717, 1.165) is 22.6 Å². The van der Waals surface area contributed by atoms with E-state index in [9.17, 15) is 0 Å². The zero-order chi connectivity index (χ0) is 23.1. The number of anilines is 3. The minimum absolute atomic E-state index is 1.08. The third-order valence-corrected chi connectivity index (χ3v) is 6.02. The lowest BCUT2D eigenvalue weighted by Crippen LogP contribution is -2.16. The fraction of sp³-hybridized carbons (Fsp3) is 0.0968. The van der Waals surface area contributed by atoms with Crippen molar-refractivity contribution in [2.24, 2.45) is 0 Å². The van der Waals surface area contributed by atoms with Gasteiger partial charge in [0.25, 0.3) is 0 Å². The van der Waals surface area contributed by atoms with Gasteiger partial charge in [0.2, 0.25) is 0 Å². The molecule has 1 nitrogen and oxygen atoms in total. The average molecular weight is 444 g/mol. The van der Waals surface area contributed by atoms with Crippen molar-refractivity contribution in [2.45, 2.75) is 19.6 Å². The van der Waals surface area contributed by atoms with Gasteiger partial charge in [-0.2, -0.15) is 0 Å². The molecular weight excluding hydrogens is 414 g/mol. The highest BCUT2D eigenvalue weighted by Crippen LogP contribution is 2.34. The molecule has 4 aromatic rings. The maximum Gasteiger partial charge on any atom is 0.129 e. The van der Waals surface area contributed by atoms with Gasteiger partial charge in [-0.05, 0) is 59.7 Å². The van der Waals surface area contributed by atoms with Gasteiger partial charge in [-0.25, -0.2) is 0 Å². The van der Waals surface area contributed by atoms with Crippen molar-refractivity contribution in [1.82, 2.24) is 0 Å². The number of para-hydroxylation sites is 2. The van der Waals surface area contributed by atoms with E-state index in [2.05, 4.69) is 145 Å². The fourth-order valence-electron chi connectivity index (χ4n) is 3.47. The third-order valence-electron chi connectivity index (χ3n) is 5.14. The molecule has 0 radical (unpaired) electrons. The average Bonchev–Trinajstić information content (AvgIpc) is 2.84. The predicted octanol–water partition coefficient (Wildman–Crippen LogP) is 8.56. The Bertz CT molecular complexity index is 1220. The third kappa shape index (κ3) is 6.35. The van der Waals surface area contributed by atoms with Crippen LogP contribution in [0.3, 0.4) is 0 Å². The van der Waals surface area contributed by atoms with Crippen molar-refractivity contribution in [3.63, 3.8) is 0 Å². The standard InChI is InChI=1S/C31H29NSi/c1-33(2,3)25-24-28-18-16-26(17-19-28)14-15-27-20-22-31(23-21-27)32(29-10-6-4-7-11-29)30-12-8-5-9-13-30/h4-23H,1-3H3/b15-14+. The van der Waals surface area contributed by atoms with Gasteiger partial charge in [-0.1, -0.05) is 98.4 Å².